The Bertz CT molecular complexity index is 336. The molecule has 2 rings (SSSR count). The van der Waals surface area contributed by atoms with Gasteiger partial charge in [-0.05, 0) is 20.8 Å². The van der Waals surface area contributed by atoms with Gasteiger partial charge in [-0.2, -0.15) is 0 Å². The first-order chi connectivity index (χ1) is 9.20. The van der Waals surface area contributed by atoms with Crippen molar-refractivity contribution in [3.63, 3.8) is 0 Å². The Morgan fingerprint density at radius 2 is 0.895 bits per heavy atom. The summed E-state index contributed by atoms with van der Waals surface area (Å²) in [5.41, 5.74) is 2.64. The Hall–Kier alpha value is -1.82. The van der Waals surface area contributed by atoms with Gasteiger partial charge in [-0.25, -0.2) is 0 Å². The van der Waals surface area contributed by atoms with Gasteiger partial charge in [-0.15, -0.1) is 6.58 Å². The molecule has 0 unspecified atom stereocenters. The maximum atomic E-state index is 3.36. The monoisotopic (exact) mass is 256 g/mol. The van der Waals surface area contributed by atoms with Gasteiger partial charge in [0.15, 0.2) is 0 Å². The van der Waals surface area contributed by atoms with Crippen LogP contribution in [0.1, 0.15) is 31.9 Å². The predicted octanol–water partition coefficient (Wildman–Crippen LogP) is 6.21. The van der Waals surface area contributed by atoms with Gasteiger partial charge in [0, 0.05) is 0 Å². The van der Waals surface area contributed by atoms with Crippen molar-refractivity contribution in [1.29, 1.82) is 0 Å². The molecule has 0 aliphatic carbocycles. The highest BCUT2D eigenvalue weighted by atomic mass is 13.8. The van der Waals surface area contributed by atoms with E-state index in [1.165, 1.54) is 11.1 Å². The summed E-state index contributed by atoms with van der Waals surface area (Å²) in [5.74, 6) is 0. The molecule has 2 aromatic rings. The Morgan fingerprint density at radius 3 is 1.00 bits per heavy atom. The van der Waals surface area contributed by atoms with E-state index in [0.29, 0.717) is 0 Å². The number of benzene rings is 2. The molecule has 2 aromatic carbocycles. The standard InChI is InChI=1S/2C7H8.C3H6.C2H6/c2*1-7-5-3-2-4-6-7;1-3-2;1-2/h2*2-6H,1H3;3H,1H2,2H3;1-2H3. The van der Waals surface area contributed by atoms with Gasteiger partial charge in [-0.3, -0.25) is 0 Å². The summed E-state index contributed by atoms with van der Waals surface area (Å²) in [7, 11) is 0. The van der Waals surface area contributed by atoms with Gasteiger partial charge in [0.25, 0.3) is 0 Å². The topological polar surface area (TPSA) is 0 Å². The van der Waals surface area contributed by atoms with Crippen LogP contribution >= 0.6 is 0 Å². The zero-order chi connectivity index (χ0) is 14.9. The molecular weight excluding hydrogens is 228 g/mol. The zero-order valence-electron chi connectivity index (χ0n) is 13.1. The first-order valence-corrected chi connectivity index (χ1v) is 6.81. The molecule has 0 atom stereocenters. The van der Waals surface area contributed by atoms with Crippen molar-refractivity contribution in [1.82, 2.24) is 0 Å². The molecule has 0 heterocycles. The Kier molecular flexibility index (Phi) is 16.6. The summed E-state index contributed by atoms with van der Waals surface area (Å²) in [5, 5.41) is 0. The van der Waals surface area contributed by atoms with E-state index in [2.05, 4.69) is 44.7 Å². The Morgan fingerprint density at radius 1 is 0.684 bits per heavy atom. The van der Waals surface area contributed by atoms with Crippen LogP contribution in [-0.2, 0) is 0 Å². The van der Waals surface area contributed by atoms with Crippen LogP contribution < -0.4 is 0 Å². The molecule has 19 heavy (non-hydrogen) atoms. The third kappa shape index (κ3) is 16.2. The van der Waals surface area contributed by atoms with E-state index in [1.807, 2.05) is 57.2 Å². The van der Waals surface area contributed by atoms with Gasteiger partial charge < -0.3 is 0 Å². The van der Waals surface area contributed by atoms with Crippen molar-refractivity contribution >= 4 is 0 Å². The maximum Gasteiger partial charge on any atom is -0.0398 e. The van der Waals surface area contributed by atoms with Crippen molar-refractivity contribution in [2.45, 2.75) is 34.6 Å². The Labute approximate surface area is 119 Å². The summed E-state index contributed by atoms with van der Waals surface area (Å²) >= 11 is 0. The van der Waals surface area contributed by atoms with E-state index in [-0.39, 0.29) is 0 Å². The van der Waals surface area contributed by atoms with Crippen molar-refractivity contribution in [3.05, 3.63) is 84.4 Å². The Balaban J connectivity index is 0. The van der Waals surface area contributed by atoms with Crippen molar-refractivity contribution in [2.24, 2.45) is 0 Å². The van der Waals surface area contributed by atoms with Crippen LogP contribution in [0.4, 0.5) is 0 Å². The number of aryl methyl sites for hydroxylation is 2. The second-order valence-electron chi connectivity index (χ2n) is 3.72. The largest absolute Gasteiger partial charge is 0.103 e. The van der Waals surface area contributed by atoms with Crippen LogP contribution in [0, 0.1) is 13.8 Å². The second-order valence-corrected chi connectivity index (χ2v) is 3.72. The van der Waals surface area contributed by atoms with Crippen LogP contribution in [0.5, 0.6) is 0 Å². The van der Waals surface area contributed by atoms with Gasteiger partial charge >= 0.3 is 0 Å². The molecule has 0 aliphatic rings. The van der Waals surface area contributed by atoms with Gasteiger partial charge in [0.2, 0.25) is 0 Å². The molecule has 0 nitrogen and oxygen atoms in total. The molecular formula is C19H28. The molecule has 0 saturated carbocycles. The van der Waals surface area contributed by atoms with E-state index in [0.717, 1.165) is 0 Å². The molecule has 0 bridgehead atoms. The zero-order valence-corrected chi connectivity index (χ0v) is 13.1. The molecule has 0 saturated heterocycles. The predicted molar refractivity (Wildman–Crippen MR) is 89.6 cm³/mol. The lowest BCUT2D eigenvalue weighted by atomic mass is 10.2. The van der Waals surface area contributed by atoms with E-state index in [4.69, 9.17) is 0 Å². The van der Waals surface area contributed by atoms with Crippen LogP contribution in [0.2, 0.25) is 0 Å². The number of hydrogen-bond donors (Lipinski definition) is 0. The number of hydrogen-bond acceptors (Lipinski definition) is 0. The lowest BCUT2D eigenvalue weighted by molar-refractivity contribution is 1.48. The molecule has 0 heteroatoms. The van der Waals surface area contributed by atoms with Crippen molar-refractivity contribution in [2.75, 3.05) is 0 Å². The highest BCUT2D eigenvalue weighted by Gasteiger charge is 1.72. The third-order valence-electron chi connectivity index (χ3n) is 1.88. The fourth-order valence-corrected chi connectivity index (χ4v) is 1.07. The first-order valence-electron chi connectivity index (χ1n) is 6.81. The minimum Gasteiger partial charge on any atom is -0.103 e. The van der Waals surface area contributed by atoms with Crippen molar-refractivity contribution < 1.29 is 0 Å². The van der Waals surface area contributed by atoms with E-state index >= 15 is 0 Å². The van der Waals surface area contributed by atoms with Crippen LogP contribution in [0.25, 0.3) is 0 Å². The van der Waals surface area contributed by atoms with E-state index in [1.54, 1.807) is 6.08 Å². The quantitative estimate of drug-likeness (QED) is 0.492. The van der Waals surface area contributed by atoms with Gasteiger partial charge in [0.05, 0.1) is 0 Å². The maximum absolute atomic E-state index is 3.36. The average molecular weight is 256 g/mol. The summed E-state index contributed by atoms with van der Waals surface area (Å²) in [6.45, 7) is 13.4. The van der Waals surface area contributed by atoms with E-state index in [9.17, 15) is 0 Å². The smallest absolute Gasteiger partial charge is 0.0398 e. The fraction of sp³-hybridized carbons (Fsp3) is 0.263. The summed E-state index contributed by atoms with van der Waals surface area (Å²) < 4.78 is 0. The fourth-order valence-electron chi connectivity index (χ4n) is 1.07. The molecule has 104 valence electrons. The van der Waals surface area contributed by atoms with Gasteiger partial charge in [-0.1, -0.05) is 91.7 Å². The lowest BCUT2D eigenvalue weighted by Crippen LogP contribution is -1.62. The van der Waals surface area contributed by atoms with E-state index < -0.39 is 0 Å². The minimum atomic E-state index is 1.32. The molecule has 0 radical (unpaired) electrons. The van der Waals surface area contributed by atoms with Crippen LogP contribution in [0.3, 0.4) is 0 Å². The molecule has 0 fully saturated rings. The van der Waals surface area contributed by atoms with Crippen LogP contribution in [-0.4, -0.2) is 0 Å². The molecule has 0 amide bonds. The molecule has 0 spiro atoms. The lowest BCUT2D eigenvalue weighted by Gasteiger charge is -1.82. The highest BCUT2D eigenvalue weighted by Crippen LogP contribution is 1.92. The first kappa shape index (κ1) is 19.5. The highest BCUT2D eigenvalue weighted by molar-refractivity contribution is 5.12. The third-order valence-corrected chi connectivity index (χ3v) is 1.88. The second kappa shape index (κ2) is 16.2. The summed E-state index contributed by atoms with van der Waals surface area (Å²) in [4.78, 5) is 0. The van der Waals surface area contributed by atoms with Gasteiger partial charge in [0.1, 0.15) is 0 Å². The molecule has 0 aliphatic heterocycles. The minimum absolute atomic E-state index is 1.32. The normalized spacial score (nSPS) is 7.42. The summed E-state index contributed by atoms with van der Waals surface area (Å²) in [6.07, 6.45) is 1.75. The van der Waals surface area contributed by atoms with Crippen LogP contribution in [0.15, 0.2) is 73.3 Å². The van der Waals surface area contributed by atoms with Crippen molar-refractivity contribution in [3.8, 4) is 0 Å². The SMILES string of the molecule is C=CC.CC.Cc1ccccc1.Cc1ccccc1. The number of rotatable bonds is 0. The number of allylic oxidation sites excluding steroid dienone is 1. The molecule has 0 N–H and O–H groups in total. The molecule has 0 aromatic heterocycles. The summed E-state index contributed by atoms with van der Waals surface area (Å²) in [6, 6.07) is 20.5. The average Bonchev–Trinajstić information content (AvgIpc) is 2.44.